The van der Waals surface area contributed by atoms with Crippen LogP contribution in [0.15, 0.2) is 48.5 Å². The van der Waals surface area contributed by atoms with Gasteiger partial charge in [0.25, 0.3) is 5.91 Å². The molecule has 0 radical (unpaired) electrons. The van der Waals surface area contributed by atoms with E-state index in [4.69, 9.17) is 24.7 Å². The number of benzene rings is 3. The summed E-state index contributed by atoms with van der Waals surface area (Å²) in [5.41, 5.74) is 13.4. The van der Waals surface area contributed by atoms with Crippen molar-refractivity contribution in [3.8, 4) is 6.07 Å². The van der Waals surface area contributed by atoms with E-state index in [1.54, 1.807) is 23.1 Å². The standard InChI is InChI=1S/C29H35FN2O3.C16H24FNO2/c1-20-15-24(30)10-11-25(20)23(12-14-35-28-9-5-6-13-34-28)19-32(2)29(33)27-17-21(18-31)16-22-7-3-4-8-26(22)27;1-3-13(14-8-7-12(17)10-11(14)2)16(18)20-15-6-4-5-9-19-15/h10-11,15-17,23,28H,3-9,12-14,19H2,1-2H3;7-8,10,13,15-16H,3-6,9,18H2,1-2H3. The maximum absolute atomic E-state index is 13.8. The van der Waals surface area contributed by atoms with E-state index in [9.17, 15) is 18.8 Å². The van der Waals surface area contributed by atoms with E-state index < -0.39 is 6.23 Å². The van der Waals surface area contributed by atoms with Gasteiger partial charge in [0.1, 0.15) is 17.9 Å². The minimum absolute atomic E-state index is 0.0110. The lowest BCUT2D eigenvalue weighted by molar-refractivity contribution is -0.191. The van der Waals surface area contributed by atoms with Gasteiger partial charge in [-0.15, -0.1) is 0 Å². The Balaban J connectivity index is 0.000000246. The van der Waals surface area contributed by atoms with E-state index in [0.717, 1.165) is 117 Å². The Hall–Kier alpha value is -3.72. The van der Waals surface area contributed by atoms with Crippen LogP contribution in [0.5, 0.6) is 0 Å². The Labute approximate surface area is 326 Å². The van der Waals surface area contributed by atoms with Gasteiger partial charge in [-0.2, -0.15) is 5.26 Å². The number of carbonyl (C=O) groups is 1. The highest BCUT2D eigenvalue weighted by Crippen LogP contribution is 2.31. The number of fused-ring (bicyclic) bond motifs is 1. The van der Waals surface area contributed by atoms with Crippen molar-refractivity contribution < 1.29 is 32.5 Å². The topological polar surface area (TPSA) is 107 Å². The number of rotatable bonds is 13. The SMILES string of the molecule is CCC(c1ccc(F)cc1C)C(N)OC1CCCCO1.Cc1cc(F)ccc1C(CCOC1CCCCO1)CN(C)C(=O)c1cc(C#N)cc2c1CCCC2. The maximum atomic E-state index is 13.8. The summed E-state index contributed by atoms with van der Waals surface area (Å²) >= 11 is 0. The van der Waals surface area contributed by atoms with Crippen molar-refractivity contribution in [3.63, 3.8) is 0 Å². The summed E-state index contributed by atoms with van der Waals surface area (Å²) in [4.78, 5) is 15.4. The molecule has 1 aliphatic carbocycles. The molecule has 55 heavy (non-hydrogen) atoms. The summed E-state index contributed by atoms with van der Waals surface area (Å²) in [5.74, 6) is -0.502. The monoisotopic (exact) mass is 759 g/mol. The Morgan fingerprint density at radius 1 is 0.909 bits per heavy atom. The van der Waals surface area contributed by atoms with Crippen LogP contribution in [0, 0.1) is 36.8 Å². The number of likely N-dealkylation sites (N-methyl/N-ethyl adjacent to an activating group) is 1. The molecule has 6 rings (SSSR count). The number of hydrogen-bond acceptors (Lipinski definition) is 7. The van der Waals surface area contributed by atoms with Crippen molar-refractivity contribution in [3.05, 3.63) is 105 Å². The molecule has 1 amide bonds. The van der Waals surface area contributed by atoms with E-state index >= 15 is 0 Å². The molecule has 0 bridgehead atoms. The fourth-order valence-corrected chi connectivity index (χ4v) is 8.14. The van der Waals surface area contributed by atoms with Gasteiger partial charge >= 0.3 is 0 Å². The van der Waals surface area contributed by atoms with Crippen molar-refractivity contribution in [2.75, 3.05) is 33.4 Å². The Kier molecular flexibility index (Phi) is 16.2. The van der Waals surface area contributed by atoms with E-state index in [0.29, 0.717) is 30.7 Å². The number of nitrogens with zero attached hydrogens (tertiary/aromatic N) is 2. The second-order valence-electron chi connectivity index (χ2n) is 15.2. The summed E-state index contributed by atoms with van der Waals surface area (Å²) in [5, 5.41) is 9.51. The largest absolute Gasteiger partial charge is 0.353 e. The summed E-state index contributed by atoms with van der Waals surface area (Å²) in [6, 6.07) is 15.6. The van der Waals surface area contributed by atoms with Gasteiger partial charge in [0.2, 0.25) is 0 Å². The molecular formula is C45H59F2N3O5. The number of halogens is 2. The number of ether oxygens (including phenoxy) is 4. The van der Waals surface area contributed by atoms with Gasteiger partial charge in [0.15, 0.2) is 12.6 Å². The third kappa shape index (κ3) is 11.9. The zero-order chi connectivity index (χ0) is 39.3. The van der Waals surface area contributed by atoms with Crippen molar-refractivity contribution in [1.82, 2.24) is 4.90 Å². The first-order chi connectivity index (χ1) is 26.6. The molecule has 8 nitrogen and oxygen atoms in total. The highest BCUT2D eigenvalue weighted by molar-refractivity contribution is 5.96. The Bertz CT molecular complexity index is 1750. The molecule has 5 unspecified atom stereocenters. The summed E-state index contributed by atoms with van der Waals surface area (Å²) in [6.45, 7) is 8.34. The molecule has 2 saturated heterocycles. The molecule has 10 heteroatoms. The minimum atomic E-state index is -0.424. The predicted molar refractivity (Wildman–Crippen MR) is 210 cm³/mol. The van der Waals surface area contributed by atoms with Gasteiger partial charge in [0, 0.05) is 44.2 Å². The van der Waals surface area contributed by atoms with Crippen LogP contribution in [-0.2, 0) is 31.8 Å². The fourth-order valence-electron chi connectivity index (χ4n) is 8.14. The third-order valence-electron chi connectivity index (χ3n) is 11.2. The van der Waals surface area contributed by atoms with Crippen LogP contribution in [0.4, 0.5) is 8.78 Å². The van der Waals surface area contributed by atoms with Crippen LogP contribution >= 0.6 is 0 Å². The zero-order valence-corrected chi connectivity index (χ0v) is 33.1. The molecule has 0 saturated carbocycles. The average Bonchev–Trinajstić information content (AvgIpc) is 3.19. The number of aryl methyl sites for hydroxylation is 3. The number of nitrogens with two attached hydrogens (primary N) is 1. The molecule has 298 valence electrons. The van der Waals surface area contributed by atoms with Crippen LogP contribution in [0.3, 0.4) is 0 Å². The van der Waals surface area contributed by atoms with E-state index in [1.807, 2.05) is 39.1 Å². The van der Waals surface area contributed by atoms with Gasteiger partial charge in [-0.1, -0.05) is 19.1 Å². The quantitative estimate of drug-likeness (QED) is 0.173. The predicted octanol–water partition coefficient (Wildman–Crippen LogP) is 9.13. The highest BCUT2D eigenvalue weighted by atomic mass is 19.1. The van der Waals surface area contributed by atoms with E-state index in [2.05, 4.69) is 13.0 Å². The van der Waals surface area contributed by atoms with Gasteiger partial charge in [-0.25, -0.2) is 8.78 Å². The molecule has 3 aliphatic rings. The minimum Gasteiger partial charge on any atom is -0.353 e. The van der Waals surface area contributed by atoms with E-state index in [-0.39, 0.29) is 42.0 Å². The fraction of sp³-hybridized carbons (Fsp3) is 0.556. The second kappa shape index (κ2) is 21.0. The molecule has 2 aliphatic heterocycles. The molecule has 3 aromatic carbocycles. The molecule has 3 aromatic rings. The average molecular weight is 760 g/mol. The van der Waals surface area contributed by atoms with Crippen molar-refractivity contribution >= 4 is 5.91 Å². The summed E-state index contributed by atoms with van der Waals surface area (Å²) in [6.07, 6.45) is 10.8. The number of nitriles is 1. The van der Waals surface area contributed by atoms with E-state index in [1.165, 1.54) is 12.1 Å². The van der Waals surface area contributed by atoms with Crippen molar-refractivity contribution in [2.24, 2.45) is 5.73 Å². The number of hydrogen-bond donors (Lipinski definition) is 1. The van der Waals surface area contributed by atoms with Crippen molar-refractivity contribution in [2.45, 2.75) is 128 Å². The summed E-state index contributed by atoms with van der Waals surface area (Å²) in [7, 11) is 1.81. The normalized spacial score (nSPS) is 19.9. The molecule has 0 aromatic heterocycles. The lowest BCUT2D eigenvalue weighted by atomic mass is 9.86. The lowest BCUT2D eigenvalue weighted by Gasteiger charge is -2.30. The number of carbonyl (C=O) groups excluding carboxylic acids is 1. The summed E-state index contributed by atoms with van der Waals surface area (Å²) < 4.78 is 50.1. The molecule has 2 heterocycles. The van der Waals surface area contributed by atoms with Crippen LogP contribution in [0.25, 0.3) is 0 Å². The van der Waals surface area contributed by atoms with Crippen LogP contribution in [-0.4, -0.2) is 63.0 Å². The van der Waals surface area contributed by atoms with Gasteiger partial charge in [-0.3, -0.25) is 4.79 Å². The zero-order valence-electron chi connectivity index (χ0n) is 33.1. The van der Waals surface area contributed by atoms with Gasteiger partial charge in [-0.05, 0) is 161 Å². The lowest BCUT2D eigenvalue weighted by Crippen LogP contribution is -2.37. The second-order valence-corrected chi connectivity index (χ2v) is 15.2. The first kappa shape index (κ1) is 42.4. The molecule has 2 N–H and O–H groups in total. The molecule has 2 fully saturated rings. The van der Waals surface area contributed by atoms with Crippen LogP contribution < -0.4 is 5.73 Å². The Morgan fingerprint density at radius 3 is 2.15 bits per heavy atom. The molecule has 0 spiro atoms. The van der Waals surface area contributed by atoms with Gasteiger partial charge in [0.05, 0.1) is 18.2 Å². The molecule has 5 atom stereocenters. The number of amides is 1. The first-order valence-corrected chi connectivity index (χ1v) is 20.2. The van der Waals surface area contributed by atoms with Crippen molar-refractivity contribution in [1.29, 1.82) is 5.26 Å². The van der Waals surface area contributed by atoms with Crippen LogP contribution in [0.2, 0.25) is 0 Å². The maximum Gasteiger partial charge on any atom is 0.253 e. The highest BCUT2D eigenvalue weighted by Gasteiger charge is 2.27. The molecular weight excluding hydrogens is 701 g/mol. The van der Waals surface area contributed by atoms with Gasteiger partial charge < -0.3 is 29.6 Å². The Morgan fingerprint density at radius 2 is 1.55 bits per heavy atom. The van der Waals surface area contributed by atoms with Crippen LogP contribution in [0.1, 0.15) is 132 Å². The first-order valence-electron chi connectivity index (χ1n) is 20.2. The smallest absolute Gasteiger partial charge is 0.253 e. The third-order valence-corrected chi connectivity index (χ3v) is 11.2.